The first-order valence-corrected chi connectivity index (χ1v) is 13.7. The minimum absolute atomic E-state index is 0.135. The van der Waals surface area contributed by atoms with Crippen molar-refractivity contribution in [1.29, 1.82) is 0 Å². The number of hydrogen-bond acceptors (Lipinski definition) is 4. The highest BCUT2D eigenvalue weighted by Gasteiger charge is 2.56. The molecule has 7 heteroatoms. The van der Waals surface area contributed by atoms with Gasteiger partial charge in [0.1, 0.15) is 11.2 Å². The molecule has 0 aliphatic carbocycles. The van der Waals surface area contributed by atoms with Crippen LogP contribution in [0.5, 0.6) is 5.75 Å². The summed E-state index contributed by atoms with van der Waals surface area (Å²) in [6, 6.07) is 28.6. The van der Waals surface area contributed by atoms with E-state index in [1.807, 2.05) is 60.7 Å². The third kappa shape index (κ3) is 4.81. The average molecular weight is 633 g/mol. The van der Waals surface area contributed by atoms with Gasteiger partial charge in [0.2, 0.25) is 0 Å². The van der Waals surface area contributed by atoms with Crippen molar-refractivity contribution in [2.24, 2.45) is 0 Å². The molecule has 198 valence electrons. The Morgan fingerprint density at radius 1 is 0.923 bits per heavy atom. The summed E-state index contributed by atoms with van der Waals surface area (Å²) in [7, 11) is 1.58. The molecule has 1 aliphatic heterocycles. The minimum Gasteiger partial charge on any atom is -0.496 e. The molecule has 0 unspecified atom stereocenters. The third-order valence-corrected chi connectivity index (χ3v) is 8.55. The summed E-state index contributed by atoms with van der Waals surface area (Å²) in [5, 5.41) is 20.8. The monoisotopic (exact) mass is 633 g/mol. The Balaban J connectivity index is 1.80. The van der Waals surface area contributed by atoms with Crippen molar-refractivity contribution in [2.45, 2.75) is 31.0 Å². The van der Waals surface area contributed by atoms with Gasteiger partial charge in [-0.15, -0.1) is 0 Å². The number of methoxy groups -OCH3 is 1. The molecule has 0 aromatic heterocycles. The molecular weight excluding hydrogens is 605 g/mol. The zero-order valence-electron chi connectivity index (χ0n) is 21.4. The number of hydrogen-bond donors (Lipinski definition) is 2. The lowest BCUT2D eigenvalue weighted by molar-refractivity contribution is -0.147. The van der Waals surface area contributed by atoms with Gasteiger partial charge in [-0.25, -0.2) is 0 Å². The maximum Gasteiger partial charge on any atom is 0.316 e. The van der Waals surface area contributed by atoms with Crippen LogP contribution >= 0.6 is 22.6 Å². The molecule has 2 atom stereocenters. The largest absolute Gasteiger partial charge is 0.496 e. The number of carboxylic acid groups (broad SMARTS) is 1. The van der Waals surface area contributed by atoms with Gasteiger partial charge in [0, 0.05) is 14.7 Å². The summed E-state index contributed by atoms with van der Waals surface area (Å²) in [6.07, 6.45) is 0.181. The van der Waals surface area contributed by atoms with E-state index in [2.05, 4.69) is 22.6 Å². The molecule has 0 spiro atoms. The maximum absolute atomic E-state index is 14.2. The van der Waals surface area contributed by atoms with Crippen LogP contribution in [0.1, 0.15) is 44.2 Å². The number of carbonyl (C=O) groups is 2. The molecule has 0 saturated heterocycles. The maximum atomic E-state index is 14.2. The number of rotatable bonds is 8. The van der Waals surface area contributed by atoms with Gasteiger partial charge in [0.05, 0.1) is 26.3 Å². The number of fused-ring (bicyclic) bond motifs is 1. The first kappa shape index (κ1) is 26.9. The highest BCUT2D eigenvalue weighted by Crippen LogP contribution is 2.50. The van der Waals surface area contributed by atoms with Crippen LogP contribution in [-0.4, -0.2) is 34.1 Å². The molecule has 0 radical (unpaired) electrons. The Morgan fingerprint density at radius 2 is 1.56 bits per heavy atom. The molecule has 0 saturated carbocycles. The van der Waals surface area contributed by atoms with Gasteiger partial charge in [-0.3, -0.25) is 9.59 Å². The van der Waals surface area contributed by atoms with Crippen LogP contribution in [0.15, 0.2) is 97.1 Å². The Morgan fingerprint density at radius 3 is 2.23 bits per heavy atom. The normalized spacial score (nSPS) is 18.5. The fourth-order valence-electron chi connectivity index (χ4n) is 5.64. The summed E-state index contributed by atoms with van der Waals surface area (Å²) in [5.74, 6) is -0.632. The molecular formula is C32H28INO5. The number of carbonyl (C=O) groups excluding carboxylic acids is 1. The lowest BCUT2D eigenvalue weighted by atomic mass is 9.63. The van der Waals surface area contributed by atoms with Gasteiger partial charge in [-0.05, 0) is 69.5 Å². The van der Waals surface area contributed by atoms with Crippen LogP contribution in [0.3, 0.4) is 0 Å². The van der Waals surface area contributed by atoms with Crippen molar-refractivity contribution in [3.05, 3.63) is 134 Å². The van der Waals surface area contributed by atoms with E-state index < -0.39 is 17.4 Å². The second kappa shape index (κ2) is 11.2. The molecule has 1 aliphatic rings. The summed E-state index contributed by atoms with van der Waals surface area (Å²) >= 11 is 2.24. The van der Waals surface area contributed by atoms with Crippen LogP contribution in [0.2, 0.25) is 0 Å². The van der Waals surface area contributed by atoms with E-state index in [0.29, 0.717) is 28.0 Å². The van der Waals surface area contributed by atoms with Crippen LogP contribution in [0.25, 0.3) is 0 Å². The topological polar surface area (TPSA) is 87.1 Å². The molecule has 1 heterocycles. The van der Waals surface area contributed by atoms with E-state index in [1.54, 1.807) is 48.4 Å². The Bertz CT molecular complexity index is 1520. The number of halogens is 1. The Labute approximate surface area is 241 Å². The molecule has 2 N–H and O–H groups in total. The van der Waals surface area contributed by atoms with E-state index >= 15 is 0 Å². The second-order valence-corrected chi connectivity index (χ2v) is 10.8. The molecule has 4 aromatic carbocycles. The summed E-state index contributed by atoms with van der Waals surface area (Å²) in [5.41, 5.74) is 2.43. The standard InChI is InChI=1S/C32H28INO5/c1-39-28-13-7-3-9-24(28)19-34-29(22-16-14-21(20-35)15-17-22)32(31(37)38,18-23-8-2-6-12-27(23)33)26-11-5-4-10-25(26)30(34)36/h2-17,29,35H,18-20H2,1H3,(H,37,38)/t29-,32-/m0/s1. The van der Waals surface area contributed by atoms with Gasteiger partial charge in [-0.2, -0.15) is 0 Å². The van der Waals surface area contributed by atoms with E-state index in [4.69, 9.17) is 4.74 Å². The molecule has 4 aromatic rings. The fourth-order valence-corrected chi connectivity index (χ4v) is 6.21. The lowest BCUT2D eigenvalue weighted by Gasteiger charge is -2.49. The van der Waals surface area contributed by atoms with E-state index in [-0.39, 0.29) is 25.5 Å². The van der Waals surface area contributed by atoms with Crippen LogP contribution in [-0.2, 0) is 29.8 Å². The van der Waals surface area contributed by atoms with Crippen molar-refractivity contribution in [2.75, 3.05) is 7.11 Å². The number of benzene rings is 4. The highest BCUT2D eigenvalue weighted by molar-refractivity contribution is 14.1. The van der Waals surface area contributed by atoms with Crippen molar-refractivity contribution in [3.63, 3.8) is 0 Å². The quantitative estimate of drug-likeness (QED) is 0.241. The predicted molar refractivity (Wildman–Crippen MR) is 157 cm³/mol. The predicted octanol–water partition coefficient (Wildman–Crippen LogP) is 5.75. The summed E-state index contributed by atoms with van der Waals surface area (Å²) in [4.78, 5) is 29.6. The number of aliphatic hydroxyl groups excluding tert-OH is 1. The Kier molecular flexibility index (Phi) is 7.72. The first-order valence-electron chi connectivity index (χ1n) is 12.6. The number of amides is 1. The van der Waals surface area contributed by atoms with E-state index in [9.17, 15) is 19.8 Å². The van der Waals surface area contributed by atoms with Gasteiger partial charge in [-0.1, -0.05) is 78.9 Å². The Hall–Kier alpha value is -3.69. The van der Waals surface area contributed by atoms with Crippen molar-refractivity contribution >= 4 is 34.5 Å². The second-order valence-electron chi connectivity index (χ2n) is 9.64. The lowest BCUT2D eigenvalue weighted by Crippen LogP contribution is -2.56. The molecule has 1 amide bonds. The van der Waals surface area contributed by atoms with Crippen molar-refractivity contribution < 1.29 is 24.5 Å². The zero-order chi connectivity index (χ0) is 27.6. The van der Waals surface area contributed by atoms with E-state index in [1.165, 1.54) is 0 Å². The number of carboxylic acids is 1. The van der Waals surface area contributed by atoms with Crippen molar-refractivity contribution in [3.8, 4) is 5.75 Å². The molecule has 0 bridgehead atoms. The van der Waals surface area contributed by atoms with Gasteiger partial charge < -0.3 is 19.8 Å². The number of ether oxygens (including phenoxy) is 1. The smallest absolute Gasteiger partial charge is 0.316 e. The fraction of sp³-hybridized carbons (Fsp3) is 0.188. The minimum atomic E-state index is -1.49. The van der Waals surface area contributed by atoms with Crippen molar-refractivity contribution in [1.82, 2.24) is 4.90 Å². The third-order valence-electron chi connectivity index (χ3n) is 7.50. The van der Waals surface area contributed by atoms with Gasteiger partial charge >= 0.3 is 5.97 Å². The summed E-state index contributed by atoms with van der Waals surface area (Å²) in [6.45, 7) is 0.0223. The number of nitrogens with zero attached hydrogens (tertiary/aromatic N) is 1. The van der Waals surface area contributed by atoms with E-state index in [0.717, 1.165) is 14.7 Å². The first-order chi connectivity index (χ1) is 18.9. The zero-order valence-corrected chi connectivity index (χ0v) is 23.5. The molecule has 6 nitrogen and oxygen atoms in total. The molecule has 0 fully saturated rings. The van der Waals surface area contributed by atoms with Crippen LogP contribution in [0.4, 0.5) is 0 Å². The van der Waals surface area contributed by atoms with Crippen LogP contribution in [0, 0.1) is 3.57 Å². The van der Waals surface area contributed by atoms with Gasteiger partial charge in [0.25, 0.3) is 5.91 Å². The summed E-state index contributed by atoms with van der Waals surface area (Å²) < 4.78 is 6.54. The number of aliphatic hydroxyl groups is 1. The SMILES string of the molecule is COc1ccccc1CN1C(=O)c2ccccc2[C@](Cc2ccccc2I)(C(=O)O)[C@@H]1c1ccc(CO)cc1. The van der Waals surface area contributed by atoms with Gasteiger partial charge in [0.15, 0.2) is 0 Å². The molecule has 5 rings (SSSR count). The van der Waals surface area contributed by atoms with Crippen LogP contribution < -0.4 is 4.74 Å². The highest BCUT2D eigenvalue weighted by atomic mass is 127. The molecule has 39 heavy (non-hydrogen) atoms. The average Bonchev–Trinajstić information content (AvgIpc) is 2.97. The number of para-hydroxylation sites is 1. The number of aliphatic carboxylic acids is 1.